The number of carbonyl (C=O) groups excluding carboxylic acids is 3. The molecule has 1 fully saturated rings. The molecule has 1 aliphatic rings. The van der Waals surface area contributed by atoms with Gasteiger partial charge in [-0.2, -0.15) is 0 Å². The van der Waals surface area contributed by atoms with Gasteiger partial charge in [0.1, 0.15) is 5.69 Å². The van der Waals surface area contributed by atoms with Crippen molar-refractivity contribution in [2.45, 2.75) is 12.8 Å². The van der Waals surface area contributed by atoms with Crippen LogP contribution in [0.2, 0.25) is 0 Å². The lowest BCUT2D eigenvalue weighted by atomic mass is 9.98. The van der Waals surface area contributed by atoms with Crippen molar-refractivity contribution >= 4 is 40.5 Å². The number of benzene rings is 1. The minimum atomic E-state index is -0.671. The number of piperidine rings is 1. The van der Waals surface area contributed by atoms with Gasteiger partial charge in [-0.15, -0.1) is 11.3 Å². The summed E-state index contributed by atoms with van der Waals surface area (Å²) in [7, 11) is 0. The predicted octanol–water partition coefficient (Wildman–Crippen LogP) is 2.69. The van der Waals surface area contributed by atoms with E-state index in [-0.39, 0.29) is 23.8 Å². The number of hydrogen-bond acceptors (Lipinski definition) is 7. The van der Waals surface area contributed by atoms with Crippen molar-refractivity contribution < 1.29 is 24.0 Å². The Morgan fingerprint density at radius 3 is 2.76 bits per heavy atom. The first-order chi connectivity index (χ1) is 14.0. The number of amides is 2. The minimum absolute atomic E-state index is 0.0314. The van der Waals surface area contributed by atoms with Gasteiger partial charge in [0.25, 0.3) is 17.5 Å². The van der Waals surface area contributed by atoms with Gasteiger partial charge in [-0.05, 0) is 30.4 Å². The zero-order valence-electron chi connectivity index (χ0n) is 15.4. The van der Waals surface area contributed by atoms with Gasteiger partial charge in [0, 0.05) is 19.2 Å². The van der Waals surface area contributed by atoms with Crippen molar-refractivity contribution in [1.29, 1.82) is 0 Å². The monoisotopic (exact) mass is 417 g/mol. The summed E-state index contributed by atoms with van der Waals surface area (Å²) in [6, 6.07) is 9.23. The summed E-state index contributed by atoms with van der Waals surface area (Å²) in [4.78, 5) is 49.4. The molecule has 1 aromatic carbocycles. The molecule has 1 aromatic heterocycles. The van der Waals surface area contributed by atoms with Crippen molar-refractivity contribution in [2.75, 3.05) is 25.0 Å². The maximum Gasteiger partial charge on any atom is 0.311 e. The van der Waals surface area contributed by atoms with Crippen LogP contribution in [-0.4, -0.2) is 47.3 Å². The molecular formula is C19H19N3O6S. The third kappa shape index (κ3) is 5.17. The Labute approximate surface area is 170 Å². The van der Waals surface area contributed by atoms with Crippen LogP contribution in [0, 0.1) is 16.0 Å². The highest BCUT2D eigenvalue weighted by atomic mass is 32.1. The number of nitro benzene ring substituents is 1. The lowest BCUT2D eigenvalue weighted by Gasteiger charge is -2.31. The lowest BCUT2D eigenvalue weighted by molar-refractivity contribution is -0.383. The second kappa shape index (κ2) is 9.28. The molecule has 10 heteroatoms. The van der Waals surface area contributed by atoms with Crippen LogP contribution in [0.25, 0.3) is 0 Å². The van der Waals surface area contributed by atoms with Crippen LogP contribution >= 0.6 is 11.3 Å². The number of rotatable bonds is 6. The van der Waals surface area contributed by atoms with Crippen LogP contribution in [0.15, 0.2) is 41.8 Å². The van der Waals surface area contributed by atoms with Gasteiger partial charge in [-0.1, -0.05) is 18.2 Å². The topological polar surface area (TPSA) is 119 Å². The van der Waals surface area contributed by atoms with Crippen LogP contribution in [0.4, 0.5) is 11.4 Å². The van der Waals surface area contributed by atoms with Crippen molar-refractivity contribution in [1.82, 2.24) is 4.90 Å². The summed E-state index contributed by atoms with van der Waals surface area (Å²) in [6.07, 6.45) is 1.23. The zero-order valence-corrected chi connectivity index (χ0v) is 16.2. The van der Waals surface area contributed by atoms with E-state index < -0.39 is 29.3 Å². The second-order valence-electron chi connectivity index (χ2n) is 6.50. The predicted molar refractivity (Wildman–Crippen MR) is 106 cm³/mol. The largest absolute Gasteiger partial charge is 0.455 e. The van der Waals surface area contributed by atoms with Crippen LogP contribution in [0.5, 0.6) is 0 Å². The number of thiophene rings is 1. The Kier molecular flexibility index (Phi) is 6.55. The number of carbonyl (C=O) groups is 3. The fraction of sp³-hybridized carbons (Fsp3) is 0.316. The van der Waals surface area contributed by atoms with Gasteiger partial charge in [0.05, 0.1) is 15.7 Å². The molecule has 0 bridgehead atoms. The normalized spacial score (nSPS) is 16.1. The van der Waals surface area contributed by atoms with Crippen LogP contribution in [0.1, 0.15) is 22.5 Å². The highest BCUT2D eigenvalue weighted by molar-refractivity contribution is 7.12. The highest BCUT2D eigenvalue weighted by Gasteiger charge is 2.30. The van der Waals surface area contributed by atoms with Crippen molar-refractivity contribution in [2.24, 2.45) is 5.92 Å². The van der Waals surface area contributed by atoms with Crippen molar-refractivity contribution in [3.05, 3.63) is 56.8 Å². The molecule has 1 unspecified atom stereocenters. The average molecular weight is 417 g/mol. The Hall–Kier alpha value is -3.27. The number of ether oxygens (including phenoxy) is 1. The summed E-state index contributed by atoms with van der Waals surface area (Å²) in [5.74, 6) is -1.86. The Morgan fingerprint density at radius 1 is 1.24 bits per heavy atom. The summed E-state index contributed by atoms with van der Waals surface area (Å²) in [5, 5.41) is 15.2. The Balaban J connectivity index is 1.52. The first-order valence-electron chi connectivity index (χ1n) is 8.98. The third-order valence-electron chi connectivity index (χ3n) is 4.49. The van der Waals surface area contributed by atoms with Gasteiger partial charge in [0.15, 0.2) is 6.61 Å². The molecule has 1 N–H and O–H groups in total. The molecule has 0 radical (unpaired) electrons. The van der Waals surface area contributed by atoms with Crippen LogP contribution < -0.4 is 5.32 Å². The first-order valence-corrected chi connectivity index (χ1v) is 9.86. The maximum absolute atomic E-state index is 12.5. The summed E-state index contributed by atoms with van der Waals surface area (Å²) in [6.45, 7) is 0.250. The van der Waals surface area contributed by atoms with Crippen molar-refractivity contribution in [3.8, 4) is 0 Å². The number of nitro groups is 1. The number of anilines is 1. The van der Waals surface area contributed by atoms with E-state index >= 15 is 0 Å². The average Bonchev–Trinajstić information content (AvgIpc) is 3.26. The van der Waals surface area contributed by atoms with E-state index in [1.54, 1.807) is 23.1 Å². The fourth-order valence-corrected chi connectivity index (χ4v) is 3.78. The smallest absolute Gasteiger partial charge is 0.311 e. The molecule has 0 aliphatic carbocycles. The van der Waals surface area contributed by atoms with Gasteiger partial charge >= 0.3 is 5.97 Å². The zero-order chi connectivity index (χ0) is 20.8. The molecule has 1 aliphatic heterocycles. The summed E-state index contributed by atoms with van der Waals surface area (Å²) < 4.78 is 5.08. The fourth-order valence-electron chi connectivity index (χ4n) is 3.09. The van der Waals surface area contributed by atoms with Gasteiger partial charge < -0.3 is 15.0 Å². The number of para-hydroxylation sites is 2. The maximum atomic E-state index is 12.5. The molecular weight excluding hydrogens is 398 g/mol. The first kappa shape index (κ1) is 20.5. The van der Waals surface area contributed by atoms with E-state index in [1.165, 1.54) is 29.5 Å². The number of hydrogen-bond donors (Lipinski definition) is 1. The van der Waals surface area contributed by atoms with Gasteiger partial charge in [0.2, 0.25) is 0 Å². The molecule has 0 saturated carbocycles. The summed E-state index contributed by atoms with van der Waals surface area (Å²) in [5.41, 5.74) is -0.217. The van der Waals surface area contributed by atoms with E-state index in [4.69, 9.17) is 4.74 Å². The quantitative estimate of drug-likeness (QED) is 0.438. The SMILES string of the molecule is O=C(COC(=O)C1CCCN(C(=O)c2cccs2)C1)Nc1ccccc1[N+](=O)[O-]. The number of likely N-dealkylation sites (tertiary alicyclic amines) is 1. The number of nitrogens with one attached hydrogen (secondary N) is 1. The Bertz CT molecular complexity index is 914. The Morgan fingerprint density at radius 2 is 2.03 bits per heavy atom. The minimum Gasteiger partial charge on any atom is -0.455 e. The highest BCUT2D eigenvalue weighted by Crippen LogP contribution is 2.24. The standard InChI is InChI=1S/C19H19N3O6S/c23-17(20-14-6-1-2-7-15(14)22(26)27)12-28-19(25)13-5-3-9-21(11-13)18(24)16-8-4-10-29-16/h1-2,4,6-8,10,13H,3,5,9,11-12H2,(H,20,23). The van der Waals surface area contributed by atoms with Gasteiger partial charge in [-0.3, -0.25) is 24.5 Å². The van der Waals surface area contributed by atoms with E-state index in [9.17, 15) is 24.5 Å². The van der Waals surface area contributed by atoms with Gasteiger partial charge in [-0.25, -0.2) is 0 Å². The number of nitrogens with zero attached hydrogens (tertiary/aromatic N) is 2. The second-order valence-corrected chi connectivity index (χ2v) is 7.45. The van der Waals surface area contributed by atoms with Crippen molar-refractivity contribution in [3.63, 3.8) is 0 Å². The molecule has 1 atom stereocenters. The third-order valence-corrected chi connectivity index (χ3v) is 5.35. The molecule has 152 valence electrons. The molecule has 1 saturated heterocycles. The molecule has 3 rings (SSSR count). The molecule has 2 aromatic rings. The molecule has 2 amide bonds. The lowest BCUT2D eigenvalue weighted by Crippen LogP contribution is -2.43. The molecule has 0 spiro atoms. The summed E-state index contributed by atoms with van der Waals surface area (Å²) >= 11 is 1.34. The number of esters is 1. The molecule has 29 heavy (non-hydrogen) atoms. The van der Waals surface area contributed by atoms with E-state index in [0.29, 0.717) is 24.3 Å². The van der Waals surface area contributed by atoms with Crippen LogP contribution in [-0.2, 0) is 14.3 Å². The van der Waals surface area contributed by atoms with E-state index in [0.717, 1.165) is 0 Å². The molecule has 2 heterocycles. The molecule has 9 nitrogen and oxygen atoms in total. The van der Waals surface area contributed by atoms with E-state index in [2.05, 4.69) is 5.32 Å². The van der Waals surface area contributed by atoms with E-state index in [1.807, 2.05) is 5.38 Å². The van der Waals surface area contributed by atoms with Crippen LogP contribution in [0.3, 0.4) is 0 Å².